The summed E-state index contributed by atoms with van der Waals surface area (Å²) in [7, 11) is 0. The third kappa shape index (κ3) is 4.31. The smallest absolute Gasteiger partial charge is 0.253 e. The summed E-state index contributed by atoms with van der Waals surface area (Å²) in [5.41, 5.74) is 1.69. The molecule has 7 heteroatoms. The highest BCUT2D eigenvalue weighted by Gasteiger charge is 2.23. The summed E-state index contributed by atoms with van der Waals surface area (Å²) in [6.07, 6.45) is 0. The molecule has 3 aromatic rings. The van der Waals surface area contributed by atoms with Crippen LogP contribution in [0.3, 0.4) is 0 Å². The summed E-state index contributed by atoms with van der Waals surface area (Å²) < 4.78 is 0.970. The maximum absolute atomic E-state index is 12.6. The van der Waals surface area contributed by atoms with Crippen molar-refractivity contribution in [3.8, 4) is 0 Å². The van der Waals surface area contributed by atoms with Gasteiger partial charge in [0.1, 0.15) is 0 Å². The van der Waals surface area contributed by atoms with Crippen LogP contribution in [-0.4, -0.2) is 47.2 Å². The maximum atomic E-state index is 12.6. The molecular formula is C21H20BrN5O. The number of benzene rings is 2. The molecule has 1 amide bonds. The van der Waals surface area contributed by atoms with E-state index in [2.05, 4.69) is 36.3 Å². The van der Waals surface area contributed by atoms with Crippen LogP contribution < -0.4 is 10.2 Å². The second-order valence-electron chi connectivity index (χ2n) is 6.55. The fourth-order valence-electron chi connectivity index (χ4n) is 3.14. The predicted molar refractivity (Wildman–Crippen MR) is 114 cm³/mol. The van der Waals surface area contributed by atoms with E-state index in [0.717, 1.165) is 29.1 Å². The van der Waals surface area contributed by atoms with Gasteiger partial charge in [-0.05, 0) is 48.5 Å². The number of nitrogens with zero attached hydrogens (tertiary/aromatic N) is 4. The van der Waals surface area contributed by atoms with Gasteiger partial charge in [-0.1, -0.05) is 34.1 Å². The molecule has 0 unspecified atom stereocenters. The number of piperazine rings is 1. The number of hydrogen-bond acceptors (Lipinski definition) is 5. The Balaban J connectivity index is 1.34. The average molecular weight is 438 g/mol. The zero-order valence-corrected chi connectivity index (χ0v) is 16.8. The lowest BCUT2D eigenvalue weighted by Gasteiger charge is -2.35. The number of carbonyl (C=O) groups is 1. The van der Waals surface area contributed by atoms with E-state index >= 15 is 0 Å². The van der Waals surface area contributed by atoms with E-state index in [1.165, 1.54) is 0 Å². The molecule has 0 atom stereocenters. The fourth-order valence-corrected chi connectivity index (χ4v) is 3.41. The van der Waals surface area contributed by atoms with Crippen molar-refractivity contribution in [1.29, 1.82) is 0 Å². The monoisotopic (exact) mass is 437 g/mol. The molecule has 1 aromatic heterocycles. The minimum atomic E-state index is 0.0700. The number of hydrogen-bond donors (Lipinski definition) is 1. The van der Waals surface area contributed by atoms with Crippen LogP contribution in [0, 0.1) is 0 Å². The van der Waals surface area contributed by atoms with Gasteiger partial charge in [-0.25, -0.2) is 0 Å². The summed E-state index contributed by atoms with van der Waals surface area (Å²) in [5, 5.41) is 11.8. The van der Waals surface area contributed by atoms with Crippen molar-refractivity contribution in [2.75, 3.05) is 36.4 Å². The molecule has 4 rings (SSSR count). The van der Waals surface area contributed by atoms with E-state index in [4.69, 9.17) is 0 Å². The first kappa shape index (κ1) is 18.4. The Hall–Kier alpha value is -2.93. The number of carbonyl (C=O) groups excluding carboxylic acids is 1. The minimum Gasteiger partial charge on any atom is -0.352 e. The first-order chi connectivity index (χ1) is 13.7. The highest BCUT2D eigenvalue weighted by molar-refractivity contribution is 9.10. The van der Waals surface area contributed by atoms with Crippen molar-refractivity contribution in [3.63, 3.8) is 0 Å². The van der Waals surface area contributed by atoms with Gasteiger partial charge in [0.25, 0.3) is 5.91 Å². The van der Waals surface area contributed by atoms with E-state index in [1.54, 1.807) is 0 Å². The van der Waals surface area contributed by atoms with Crippen LogP contribution in [0.2, 0.25) is 0 Å². The largest absolute Gasteiger partial charge is 0.352 e. The van der Waals surface area contributed by atoms with Gasteiger partial charge in [-0.15, -0.1) is 10.2 Å². The second-order valence-corrected chi connectivity index (χ2v) is 7.47. The molecule has 2 aromatic carbocycles. The molecular weight excluding hydrogens is 418 g/mol. The highest BCUT2D eigenvalue weighted by Crippen LogP contribution is 2.18. The number of anilines is 3. The molecule has 0 radical (unpaired) electrons. The Morgan fingerprint density at radius 1 is 0.857 bits per heavy atom. The summed E-state index contributed by atoms with van der Waals surface area (Å²) in [4.78, 5) is 16.7. The number of halogens is 1. The number of rotatable bonds is 4. The van der Waals surface area contributed by atoms with Crippen LogP contribution in [0.4, 0.5) is 17.3 Å². The van der Waals surface area contributed by atoms with Crippen LogP contribution in [-0.2, 0) is 0 Å². The van der Waals surface area contributed by atoms with Gasteiger partial charge in [-0.2, -0.15) is 0 Å². The normalized spacial score (nSPS) is 14.0. The number of aromatic nitrogens is 2. The number of para-hydroxylation sites is 1. The predicted octanol–water partition coefficient (Wildman–Crippen LogP) is 3.95. The summed E-state index contributed by atoms with van der Waals surface area (Å²) in [5.74, 6) is 1.61. The van der Waals surface area contributed by atoms with Crippen molar-refractivity contribution < 1.29 is 4.79 Å². The molecule has 1 N–H and O–H groups in total. The summed E-state index contributed by atoms with van der Waals surface area (Å²) in [6.45, 7) is 2.81. The minimum absolute atomic E-state index is 0.0700. The third-order valence-electron chi connectivity index (χ3n) is 4.68. The van der Waals surface area contributed by atoms with E-state index in [-0.39, 0.29) is 5.91 Å². The van der Waals surface area contributed by atoms with E-state index in [1.807, 2.05) is 71.6 Å². The second kappa shape index (κ2) is 8.39. The maximum Gasteiger partial charge on any atom is 0.253 e. The van der Waals surface area contributed by atoms with Crippen molar-refractivity contribution in [1.82, 2.24) is 15.1 Å². The summed E-state index contributed by atoms with van der Waals surface area (Å²) in [6, 6.07) is 21.3. The van der Waals surface area contributed by atoms with Crippen molar-refractivity contribution in [2.45, 2.75) is 0 Å². The number of nitrogens with one attached hydrogen (secondary N) is 1. The van der Waals surface area contributed by atoms with Gasteiger partial charge in [0.05, 0.1) is 0 Å². The Morgan fingerprint density at radius 2 is 1.57 bits per heavy atom. The zero-order chi connectivity index (χ0) is 19.3. The Labute approximate surface area is 172 Å². The van der Waals surface area contributed by atoms with Gasteiger partial charge in [0, 0.05) is 41.9 Å². The molecule has 28 heavy (non-hydrogen) atoms. The van der Waals surface area contributed by atoms with Crippen LogP contribution >= 0.6 is 15.9 Å². The van der Waals surface area contributed by atoms with E-state index in [9.17, 15) is 4.79 Å². The molecule has 6 nitrogen and oxygen atoms in total. The van der Waals surface area contributed by atoms with Crippen molar-refractivity contribution >= 4 is 39.2 Å². The van der Waals surface area contributed by atoms with Gasteiger partial charge >= 0.3 is 0 Å². The molecule has 0 spiro atoms. The van der Waals surface area contributed by atoms with Crippen molar-refractivity contribution in [2.24, 2.45) is 0 Å². The molecule has 2 heterocycles. The molecule has 142 valence electrons. The Bertz CT molecular complexity index is 923. The lowest BCUT2D eigenvalue weighted by molar-refractivity contribution is 0.0746. The zero-order valence-electron chi connectivity index (χ0n) is 15.3. The Kier molecular flexibility index (Phi) is 5.53. The highest BCUT2D eigenvalue weighted by atomic mass is 79.9. The topological polar surface area (TPSA) is 61.4 Å². The van der Waals surface area contributed by atoms with Gasteiger partial charge in [-0.3, -0.25) is 4.79 Å². The first-order valence-electron chi connectivity index (χ1n) is 9.15. The van der Waals surface area contributed by atoms with Crippen LogP contribution in [0.1, 0.15) is 10.4 Å². The van der Waals surface area contributed by atoms with E-state index < -0.39 is 0 Å². The Morgan fingerprint density at radius 3 is 2.21 bits per heavy atom. The quantitative estimate of drug-likeness (QED) is 0.669. The van der Waals surface area contributed by atoms with Crippen LogP contribution in [0.5, 0.6) is 0 Å². The van der Waals surface area contributed by atoms with Gasteiger partial charge in [0.15, 0.2) is 11.6 Å². The first-order valence-corrected chi connectivity index (χ1v) is 9.94. The lowest BCUT2D eigenvalue weighted by atomic mass is 10.2. The molecule has 0 aliphatic carbocycles. The van der Waals surface area contributed by atoms with Crippen LogP contribution in [0.25, 0.3) is 0 Å². The number of amides is 1. The molecule has 1 fully saturated rings. The van der Waals surface area contributed by atoms with Crippen LogP contribution in [0.15, 0.2) is 71.2 Å². The molecule has 1 aliphatic rings. The summed E-state index contributed by atoms with van der Waals surface area (Å²) >= 11 is 3.40. The third-order valence-corrected chi connectivity index (χ3v) is 5.21. The van der Waals surface area contributed by atoms with Gasteiger partial charge < -0.3 is 15.1 Å². The average Bonchev–Trinajstić information content (AvgIpc) is 2.75. The SMILES string of the molecule is O=C(c1ccc(Br)cc1)N1CCN(c2ccc(Nc3ccccc3)nn2)CC1. The standard InChI is InChI=1S/C21H20BrN5O/c22-17-8-6-16(7-9-17)21(28)27-14-12-26(13-15-27)20-11-10-19(24-25-20)23-18-4-2-1-3-5-18/h1-11H,12-15H2,(H,23,24). The lowest BCUT2D eigenvalue weighted by Crippen LogP contribution is -2.49. The molecule has 0 bridgehead atoms. The van der Waals surface area contributed by atoms with Gasteiger partial charge in [0.2, 0.25) is 0 Å². The molecule has 1 saturated heterocycles. The molecule has 1 aliphatic heterocycles. The van der Waals surface area contributed by atoms with Crippen molar-refractivity contribution in [3.05, 3.63) is 76.8 Å². The van der Waals surface area contributed by atoms with E-state index in [0.29, 0.717) is 24.5 Å². The fraction of sp³-hybridized carbons (Fsp3) is 0.190. The molecule has 0 saturated carbocycles.